The predicted molar refractivity (Wildman–Crippen MR) is 101 cm³/mol. The second-order valence-electron chi connectivity index (χ2n) is 6.63. The van der Waals surface area contributed by atoms with Crippen LogP contribution in [-0.2, 0) is 0 Å². The third kappa shape index (κ3) is 2.54. The molecule has 0 radical (unpaired) electrons. The summed E-state index contributed by atoms with van der Waals surface area (Å²) in [5.41, 5.74) is 4.08. The zero-order chi connectivity index (χ0) is 17.7. The minimum atomic E-state index is -0.913. The summed E-state index contributed by atoms with van der Waals surface area (Å²) in [7, 11) is 0. The number of carboxylic acids is 1. The minimum absolute atomic E-state index is 0.0126. The SMILES string of the molecule is Cc1c(C(=O)O)ccc2c1N[C@H](c1cccc(Cl)c1Cl)[C@H]1CC=C[C@@H]21. The molecule has 1 heterocycles. The number of halogens is 2. The summed E-state index contributed by atoms with van der Waals surface area (Å²) in [6.45, 7) is 1.85. The van der Waals surface area contributed by atoms with Gasteiger partial charge in [-0.1, -0.05) is 53.6 Å². The van der Waals surface area contributed by atoms with Gasteiger partial charge in [0.1, 0.15) is 0 Å². The van der Waals surface area contributed by atoms with Gasteiger partial charge in [-0.15, -0.1) is 0 Å². The predicted octanol–water partition coefficient (Wildman–Crippen LogP) is 5.83. The monoisotopic (exact) mass is 373 g/mol. The van der Waals surface area contributed by atoms with Crippen LogP contribution in [0.3, 0.4) is 0 Å². The Balaban J connectivity index is 1.87. The first-order chi connectivity index (χ1) is 12.0. The molecule has 2 aromatic carbocycles. The fourth-order valence-electron chi connectivity index (χ4n) is 4.11. The first-order valence-electron chi connectivity index (χ1n) is 8.23. The van der Waals surface area contributed by atoms with E-state index in [1.807, 2.05) is 25.1 Å². The van der Waals surface area contributed by atoms with Crippen molar-refractivity contribution in [1.29, 1.82) is 0 Å². The second kappa shape index (κ2) is 6.08. The van der Waals surface area contributed by atoms with Crippen LogP contribution in [0.1, 0.15) is 45.4 Å². The lowest BCUT2D eigenvalue weighted by Gasteiger charge is -2.39. The van der Waals surface area contributed by atoms with Crippen molar-refractivity contribution in [3.8, 4) is 0 Å². The van der Waals surface area contributed by atoms with Crippen LogP contribution in [-0.4, -0.2) is 11.1 Å². The van der Waals surface area contributed by atoms with E-state index in [1.54, 1.807) is 12.1 Å². The van der Waals surface area contributed by atoms with Crippen molar-refractivity contribution >= 4 is 34.9 Å². The number of carbonyl (C=O) groups is 1. The number of hydrogen-bond acceptors (Lipinski definition) is 2. The highest BCUT2D eigenvalue weighted by Crippen LogP contribution is 2.52. The molecule has 25 heavy (non-hydrogen) atoms. The van der Waals surface area contributed by atoms with Gasteiger partial charge >= 0.3 is 5.97 Å². The number of carboxylic acid groups (broad SMARTS) is 1. The Hall–Kier alpha value is -1.97. The molecule has 1 aliphatic heterocycles. The molecular weight excluding hydrogens is 357 g/mol. The Labute approximate surface area is 156 Å². The van der Waals surface area contributed by atoms with Crippen molar-refractivity contribution in [1.82, 2.24) is 0 Å². The topological polar surface area (TPSA) is 49.3 Å². The molecule has 4 rings (SSSR count). The lowest BCUT2D eigenvalue weighted by atomic mass is 9.76. The summed E-state index contributed by atoms with van der Waals surface area (Å²) in [4.78, 5) is 11.5. The number of fused-ring (bicyclic) bond motifs is 3. The van der Waals surface area contributed by atoms with Gasteiger partial charge in [0.15, 0.2) is 0 Å². The first-order valence-corrected chi connectivity index (χ1v) is 8.98. The number of nitrogens with one attached hydrogen (secondary N) is 1. The van der Waals surface area contributed by atoms with Crippen molar-refractivity contribution < 1.29 is 9.90 Å². The smallest absolute Gasteiger partial charge is 0.336 e. The van der Waals surface area contributed by atoms with Gasteiger partial charge in [-0.25, -0.2) is 4.79 Å². The lowest BCUT2D eigenvalue weighted by molar-refractivity contribution is 0.0696. The maximum Gasteiger partial charge on any atom is 0.336 e. The van der Waals surface area contributed by atoms with E-state index >= 15 is 0 Å². The van der Waals surface area contributed by atoms with Crippen LogP contribution in [0, 0.1) is 12.8 Å². The van der Waals surface area contributed by atoms with E-state index in [0.29, 0.717) is 21.5 Å². The highest BCUT2D eigenvalue weighted by atomic mass is 35.5. The third-order valence-corrected chi connectivity index (χ3v) is 6.18. The Morgan fingerprint density at radius 3 is 2.76 bits per heavy atom. The maximum atomic E-state index is 11.5. The zero-order valence-corrected chi connectivity index (χ0v) is 15.1. The van der Waals surface area contributed by atoms with E-state index in [9.17, 15) is 9.90 Å². The van der Waals surface area contributed by atoms with Gasteiger partial charge in [-0.05, 0) is 48.1 Å². The first kappa shape index (κ1) is 16.5. The molecule has 3 atom stereocenters. The average Bonchev–Trinajstić information content (AvgIpc) is 3.07. The van der Waals surface area contributed by atoms with Gasteiger partial charge in [0.25, 0.3) is 0 Å². The summed E-state index contributed by atoms with van der Waals surface area (Å²) in [5, 5.41) is 14.1. The van der Waals surface area contributed by atoms with Crippen LogP contribution < -0.4 is 5.32 Å². The van der Waals surface area contributed by atoms with Gasteiger partial charge in [-0.2, -0.15) is 0 Å². The largest absolute Gasteiger partial charge is 0.478 e. The summed E-state index contributed by atoms with van der Waals surface area (Å²) >= 11 is 12.7. The molecule has 5 heteroatoms. The van der Waals surface area contributed by atoms with Crippen LogP contribution in [0.25, 0.3) is 0 Å². The molecule has 1 aliphatic carbocycles. The Morgan fingerprint density at radius 2 is 2.00 bits per heavy atom. The molecule has 0 saturated heterocycles. The van der Waals surface area contributed by atoms with Gasteiger partial charge in [0.2, 0.25) is 0 Å². The van der Waals surface area contributed by atoms with Gasteiger partial charge in [0, 0.05) is 11.6 Å². The summed E-state index contributed by atoms with van der Waals surface area (Å²) in [5.74, 6) is -0.333. The van der Waals surface area contributed by atoms with Crippen LogP contribution in [0.15, 0.2) is 42.5 Å². The van der Waals surface area contributed by atoms with E-state index in [2.05, 4.69) is 17.5 Å². The van der Waals surface area contributed by atoms with E-state index in [4.69, 9.17) is 23.2 Å². The van der Waals surface area contributed by atoms with E-state index in [-0.39, 0.29) is 12.0 Å². The number of rotatable bonds is 2. The molecule has 0 aromatic heterocycles. The van der Waals surface area contributed by atoms with E-state index in [0.717, 1.165) is 28.8 Å². The Kier molecular flexibility index (Phi) is 4.01. The quantitative estimate of drug-likeness (QED) is 0.651. The molecule has 0 amide bonds. The molecule has 0 fully saturated rings. The highest BCUT2D eigenvalue weighted by Gasteiger charge is 2.39. The van der Waals surface area contributed by atoms with Crippen LogP contribution in [0.2, 0.25) is 10.0 Å². The molecule has 0 bridgehead atoms. The third-order valence-electron chi connectivity index (χ3n) is 5.34. The van der Waals surface area contributed by atoms with Crippen LogP contribution in [0.4, 0.5) is 5.69 Å². The van der Waals surface area contributed by atoms with Gasteiger partial charge in [0.05, 0.1) is 21.7 Å². The minimum Gasteiger partial charge on any atom is -0.478 e. The number of allylic oxidation sites excluding steroid dienone is 2. The molecule has 2 aliphatic rings. The maximum absolute atomic E-state index is 11.5. The molecule has 2 aromatic rings. The average molecular weight is 374 g/mol. The van der Waals surface area contributed by atoms with Crippen molar-refractivity contribution in [3.05, 3.63) is 74.8 Å². The zero-order valence-electron chi connectivity index (χ0n) is 13.6. The van der Waals surface area contributed by atoms with Crippen LogP contribution in [0.5, 0.6) is 0 Å². The van der Waals surface area contributed by atoms with Crippen molar-refractivity contribution in [2.45, 2.75) is 25.3 Å². The number of aromatic carboxylic acids is 1. The fourth-order valence-corrected chi connectivity index (χ4v) is 4.54. The van der Waals surface area contributed by atoms with Crippen LogP contribution >= 0.6 is 23.2 Å². The summed E-state index contributed by atoms with van der Waals surface area (Å²) < 4.78 is 0. The molecule has 0 unspecified atom stereocenters. The van der Waals surface area contributed by atoms with Gasteiger partial charge in [-0.3, -0.25) is 0 Å². The molecule has 3 nitrogen and oxygen atoms in total. The Bertz CT molecular complexity index is 907. The summed E-state index contributed by atoms with van der Waals surface area (Å²) in [6.07, 6.45) is 5.36. The standard InChI is InChI=1S/C20H17Cl2NO2/c1-10-11(20(24)25)8-9-14-12-4-2-5-13(12)19(23-18(10)14)15-6-3-7-16(21)17(15)22/h2-4,6-9,12-13,19,23H,5H2,1H3,(H,24,25)/t12-,13+,19+/m1/s1. The van der Waals surface area contributed by atoms with Crippen molar-refractivity contribution in [2.75, 3.05) is 5.32 Å². The number of hydrogen-bond donors (Lipinski definition) is 2. The number of anilines is 1. The second-order valence-corrected chi connectivity index (χ2v) is 7.41. The molecule has 2 N–H and O–H groups in total. The van der Waals surface area contributed by atoms with Crippen molar-refractivity contribution in [2.24, 2.45) is 5.92 Å². The van der Waals surface area contributed by atoms with Crippen molar-refractivity contribution in [3.63, 3.8) is 0 Å². The summed E-state index contributed by atoms with van der Waals surface area (Å²) in [6, 6.07) is 9.29. The Morgan fingerprint density at radius 1 is 1.20 bits per heavy atom. The molecule has 0 spiro atoms. The fraction of sp³-hybridized carbons (Fsp3) is 0.250. The molecular formula is C20H17Cl2NO2. The lowest BCUT2D eigenvalue weighted by Crippen LogP contribution is -2.30. The van der Waals surface area contributed by atoms with Gasteiger partial charge < -0.3 is 10.4 Å². The normalized spacial score (nSPS) is 23.7. The highest BCUT2D eigenvalue weighted by molar-refractivity contribution is 6.42. The molecule has 0 saturated carbocycles. The molecule has 128 valence electrons. The van der Waals surface area contributed by atoms with E-state index < -0.39 is 5.97 Å². The van der Waals surface area contributed by atoms with E-state index in [1.165, 1.54) is 0 Å². The number of benzene rings is 2.